The van der Waals surface area contributed by atoms with E-state index in [0.717, 1.165) is 49.1 Å². The summed E-state index contributed by atoms with van der Waals surface area (Å²) in [5.41, 5.74) is 1.21. The fraction of sp³-hybridized carbons (Fsp3) is 0.500. The third-order valence-electron chi connectivity index (χ3n) is 4.21. The molecule has 1 aromatic rings. The number of unbranched alkanes of at least 4 members (excludes halogenated alkanes) is 2. The lowest BCUT2D eigenvalue weighted by Gasteiger charge is -2.16. The zero-order valence-electron chi connectivity index (χ0n) is 15.4. The lowest BCUT2D eigenvalue weighted by molar-refractivity contribution is -0.541. The maximum absolute atomic E-state index is 11.0. The van der Waals surface area contributed by atoms with Gasteiger partial charge in [-0.05, 0) is 26.2 Å². The normalized spacial score (nSPS) is 19.3. The predicted molar refractivity (Wildman–Crippen MR) is 108 cm³/mol. The number of benzene rings is 1. The molecule has 1 aliphatic heterocycles. The minimum absolute atomic E-state index is 0. The van der Waals surface area contributed by atoms with Crippen molar-refractivity contribution < 1.29 is 42.8 Å². The second-order valence-corrected chi connectivity index (χ2v) is 7.36. The Labute approximate surface area is 187 Å². The monoisotopic (exact) mass is 583 g/mol. The lowest BCUT2D eigenvalue weighted by Crippen LogP contribution is -3.00. The number of nitrogens with zero attached hydrogens (tertiary/aromatic N) is 1. The number of alkyl halides is 1. The molecule has 0 amide bonds. The van der Waals surface area contributed by atoms with Crippen molar-refractivity contribution in [3.63, 3.8) is 0 Å². The highest BCUT2D eigenvalue weighted by Gasteiger charge is 2.41. The molecule has 1 atom stereocenters. The molecule has 0 saturated carbocycles. The third-order valence-corrected chi connectivity index (χ3v) is 5.82. The Hall–Kier alpha value is -0.640. The van der Waals surface area contributed by atoms with Crippen molar-refractivity contribution in [1.82, 2.24) is 0 Å². The average molecular weight is 583 g/mol. The number of rotatable bonds is 9. The van der Waals surface area contributed by atoms with Crippen molar-refractivity contribution in [1.29, 1.82) is 0 Å². The van der Waals surface area contributed by atoms with Gasteiger partial charge in [-0.15, -0.1) is 0 Å². The molecule has 1 aromatic carbocycles. The van der Waals surface area contributed by atoms with Gasteiger partial charge in [0.05, 0.1) is 13.5 Å². The van der Waals surface area contributed by atoms with Crippen LogP contribution in [0.15, 0.2) is 42.5 Å². The molecule has 1 heterocycles. The summed E-state index contributed by atoms with van der Waals surface area (Å²) in [5, 5.41) is 0. The molecule has 0 spiro atoms. The van der Waals surface area contributed by atoms with Crippen molar-refractivity contribution in [2.45, 2.75) is 44.8 Å². The van der Waals surface area contributed by atoms with Gasteiger partial charge in [0.15, 0.2) is 18.7 Å². The Balaban J connectivity index is 0.00000338. The molecule has 2 rings (SSSR count). The molecule has 1 unspecified atom stereocenters. The van der Waals surface area contributed by atoms with Crippen LogP contribution in [0.4, 0.5) is 0 Å². The number of hydrogen-bond acceptors (Lipinski definition) is 3. The topological polar surface area (TPSA) is 38.5 Å². The zero-order chi connectivity index (χ0) is 18.1. The van der Waals surface area contributed by atoms with E-state index in [-0.39, 0.29) is 35.5 Å². The molecule has 0 aromatic heterocycles. The zero-order valence-corrected chi connectivity index (χ0v) is 19.7. The first-order valence-electron chi connectivity index (χ1n) is 8.70. The molecule has 4 nitrogen and oxygen atoms in total. The second kappa shape index (κ2) is 11.9. The summed E-state index contributed by atoms with van der Waals surface area (Å²) in [7, 11) is 1.40. The molecular weight excluding hydrogens is 556 g/mol. The highest BCUT2D eigenvalue weighted by atomic mass is 127. The van der Waals surface area contributed by atoms with E-state index in [0.29, 0.717) is 0 Å². The van der Waals surface area contributed by atoms with E-state index in [1.807, 2.05) is 12.1 Å². The van der Waals surface area contributed by atoms with E-state index in [1.54, 1.807) is 0 Å². The first kappa shape index (κ1) is 23.4. The largest absolute Gasteiger partial charge is 1.00 e. The van der Waals surface area contributed by atoms with Crippen LogP contribution in [0.2, 0.25) is 0 Å². The minimum atomic E-state index is -0.291. The fourth-order valence-electron chi connectivity index (χ4n) is 2.89. The van der Waals surface area contributed by atoms with E-state index < -0.39 is 0 Å². The third kappa shape index (κ3) is 7.54. The van der Waals surface area contributed by atoms with Crippen molar-refractivity contribution in [2.24, 2.45) is 0 Å². The van der Waals surface area contributed by atoms with Crippen molar-refractivity contribution in [3.05, 3.63) is 48.0 Å². The molecule has 0 aliphatic carbocycles. The number of carbonyl (C=O) groups excluding carboxylic acids is 1. The molecule has 0 saturated heterocycles. The summed E-state index contributed by atoms with van der Waals surface area (Å²) in [6.45, 7) is 4.01. The number of methoxy groups -OCH3 is 1. The number of ether oxygens (including phenoxy) is 2. The minimum Gasteiger partial charge on any atom is -1.00 e. The highest BCUT2D eigenvalue weighted by Crippen LogP contribution is 2.24. The molecule has 6 heteroatoms. The summed E-state index contributed by atoms with van der Waals surface area (Å²) >= 11 is 2.41. The number of halogens is 2. The lowest BCUT2D eigenvalue weighted by atomic mass is 10.1. The summed E-state index contributed by atoms with van der Waals surface area (Å²) < 4.78 is 14.2. The van der Waals surface area contributed by atoms with Gasteiger partial charge in [-0.25, -0.2) is 4.79 Å². The quantitative estimate of drug-likeness (QED) is 0.109. The molecule has 26 heavy (non-hydrogen) atoms. The van der Waals surface area contributed by atoms with Gasteiger partial charge in [-0.3, -0.25) is 0 Å². The van der Waals surface area contributed by atoms with Crippen molar-refractivity contribution in [2.75, 3.05) is 18.1 Å². The van der Waals surface area contributed by atoms with Gasteiger partial charge < -0.3 is 33.5 Å². The van der Waals surface area contributed by atoms with Crippen LogP contribution < -0.4 is 24.0 Å². The van der Waals surface area contributed by atoms with E-state index in [1.165, 1.54) is 18.7 Å². The predicted octanol–water partition coefficient (Wildman–Crippen LogP) is 1.12. The molecule has 0 radical (unpaired) electrons. The molecule has 0 N–H and O–H groups in total. The summed E-state index contributed by atoms with van der Waals surface area (Å²) in [4.78, 5) is 11.0. The van der Waals surface area contributed by atoms with Crippen LogP contribution in [0.1, 0.15) is 38.2 Å². The van der Waals surface area contributed by atoms with E-state index in [2.05, 4.69) is 63.1 Å². The maximum Gasteiger partial charge on any atom is 0.337 e. The number of allylic oxidation sites excluding steroid dienone is 1. The van der Waals surface area contributed by atoms with Gasteiger partial charge in [0.2, 0.25) is 0 Å². The Morgan fingerprint density at radius 3 is 2.73 bits per heavy atom. The van der Waals surface area contributed by atoms with Gasteiger partial charge in [-0.2, -0.15) is 4.58 Å². The molecule has 0 bridgehead atoms. The van der Waals surface area contributed by atoms with Crippen LogP contribution in [-0.4, -0.2) is 40.1 Å². The van der Waals surface area contributed by atoms with Gasteiger partial charge in [-0.1, -0.05) is 59.0 Å². The number of carbonyl (C=O) groups is 1. The van der Waals surface area contributed by atoms with Gasteiger partial charge in [0.1, 0.15) is 0 Å². The van der Waals surface area contributed by atoms with Crippen LogP contribution in [0, 0.1) is 0 Å². The van der Waals surface area contributed by atoms with Crippen LogP contribution in [-0.2, 0) is 20.8 Å². The van der Waals surface area contributed by atoms with Crippen LogP contribution in [0.3, 0.4) is 0 Å². The second-order valence-electron chi connectivity index (χ2n) is 6.59. The average Bonchev–Trinajstić information content (AvgIpc) is 2.95. The van der Waals surface area contributed by atoms with Gasteiger partial charge in [0, 0.05) is 16.1 Å². The van der Waals surface area contributed by atoms with E-state index >= 15 is 0 Å². The first-order chi connectivity index (χ1) is 12.1. The molecule has 144 valence electrons. The smallest absolute Gasteiger partial charge is 0.337 e. The summed E-state index contributed by atoms with van der Waals surface area (Å²) in [6, 6.07) is 10.5. The summed E-state index contributed by atoms with van der Waals surface area (Å²) in [5.74, 6) is 0.806. The van der Waals surface area contributed by atoms with Gasteiger partial charge >= 0.3 is 11.9 Å². The molecule has 0 fully saturated rings. The number of esters is 1. The van der Waals surface area contributed by atoms with E-state index in [9.17, 15) is 4.79 Å². The Morgan fingerprint density at radius 2 is 2.08 bits per heavy atom. The molecular formula is C20H27I2NO3. The SMILES string of the molecule is COC(=O)/C=C/CCCCC1=[N+](Cc2ccccc2)CC(C)(CI)O1.[I-]. The van der Waals surface area contributed by atoms with Crippen LogP contribution in [0.5, 0.6) is 0 Å². The fourth-order valence-corrected chi connectivity index (χ4v) is 3.28. The molecule has 1 aliphatic rings. The standard InChI is InChI=1S/C20H27INO3.HI/c1-20(15-21)16-22(14-17-10-6-5-7-11-17)18(25-20)12-8-3-4-9-13-19(23)24-2;/h5-7,9-11,13H,3-4,8,12,14-16H2,1-2H3;1H/q+1;/p-1/b13-9+;. The van der Waals surface area contributed by atoms with Crippen molar-refractivity contribution in [3.8, 4) is 0 Å². The Morgan fingerprint density at radius 1 is 1.35 bits per heavy atom. The van der Waals surface area contributed by atoms with E-state index in [4.69, 9.17) is 4.74 Å². The number of hydrogen-bond donors (Lipinski definition) is 0. The maximum atomic E-state index is 11.0. The summed E-state index contributed by atoms with van der Waals surface area (Å²) in [6.07, 6.45) is 7.26. The van der Waals surface area contributed by atoms with Gasteiger partial charge in [0.25, 0.3) is 0 Å². The highest BCUT2D eigenvalue weighted by molar-refractivity contribution is 14.1. The van der Waals surface area contributed by atoms with Crippen LogP contribution in [0.25, 0.3) is 0 Å². The Bertz CT molecular complexity index is 631. The van der Waals surface area contributed by atoms with Crippen LogP contribution >= 0.6 is 22.6 Å². The first-order valence-corrected chi connectivity index (χ1v) is 10.2. The van der Waals surface area contributed by atoms with Crippen molar-refractivity contribution >= 4 is 34.5 Å². The Kier molecular flexibility index (Phi) is 10.7.